The first-order valence-corrected chi connectivity index (χ1v) is 7.35. The molecule has 110 valence electrons. The number of hydrogen-bond donors (Lipinski definition) is 0. The van der Waals surface area contributed by atoms with E-state index in [1.54, 1.807) is 19.5 Å². The van der Waals surface area contributed by atoms with E-state index < -0.39 is 0 Å². The summed E-state index contributed by atoms with van der Waals surface area (Å²) < 4.78 is 5.43. The van der Waals surface area contributed by atoms with E-state index in [1.165, 1.54) is 25.7 Å². The van der Waals surface area contributed by atoms with Gasteiger partial charge in [-0.05, 0) is 25.0 Å². The van der Waals surface area contributed by atoms with E-state index in [9.17, 15) is 0 Å². The zero-order chi connectivity index (χ0) is 14.7. The number of anilines is 1. The largest absolute Gasteiger partial charge is 0.491 e. The van der Waals surface area contributed by atoms with Crippen LogP contribution in [0.4, 0.5) is 5.82 Å². The lowest BCUT2D eigenvalue weighted by atomic mass is 10.2. The number of rotatable bonds is 4. The molecule has 1 saturated carbocycles. The Bertz CT molecular complexity index is 596. The Morgan fingerprint density at radius 1 is 1.19 bits per heavy atom. The first kappa shape index (κ1) is 13.8. The van der Waals surface area contributed by atoms with Crippen LogP contribution in [0.15, 0.2) is 30.6 Å². The van der Waals surface area contributed by atoms with Gasteiger partial charge in [-0.3, -0.25) is 4.98 Å². The van der Waals surface area contributed by atoms with Crippen molar-refractivity contribution in [3.63, 3.8) is 0 Å². The Labute approximate surface area is 125 Å². The third-order valence-electron chi connectivity index (χ3n) is 4.06. The second-order valence-corrected chi connectivity index (χ2v) is 5.35. The van der Waals surface area contributed by atoms with Gasteiger partial charge in [0.2, 0.25) is 0 Å². The summed E-state index contributed by atoms with van der Waals surface area (Å²) in [4.78, 5) is 15.6. The number of pyridine rings is 1. The van der Waals surface area contributed by atoms with Crippen LogP contribution in [0.2, 0.25) is 0 Å². The fourth-order valence-corrected chi connectivity index (χ4v) is 2.84. The molecule has 1 fully saturated rings. The molecule has 5 heteroatoms. The Hall–Kier alpha value is -2.17. The van der Waals surface area contributed by atoms with E-state index in [1.807, 2.05) is 18.2 Å². The minimum Gasteiger partial charge on any atom is -0.491 e. The van der Waals surface area contributed by atoms with Crippen LogP contribution in [-0.4, -0.2) is 35.2 Å². The van der Waals surface area contributed by atoms with Gasteiger partial charge in [0.05, 0.1) is 13.3 Å². The summed E-state index contributed by atoms with van der Waals surface area (Å²) in [6.45, 7) is 0. The predicted molar refractivity (Wildman–Crippen MR) is 82.5 cm³/mol. The van der Waals surface area contributed by atoms with E-state index >= 15 is 0 Å². The summed E-state index contributed by atoms with van der Waals surface area (Å²) in [5, 5.41) is 0. The Morgan fingerprint density at radius 3 is 2.67 bits per heavy atom. The fourth-order valence-electron chi connectivity index (χ4n) is 2.84. The molecule has 2 heterocycles. The molecule has 0 spiro atoms. The Balaban J connectivity index is 1.97. The highest BCUT2D eigenvalue weighted by atomic mass is 16.5. The van der Waals surface area contributed by atoms with E-state index in [0.717, 1.165) is 11.5 Å². The first-order valence-electron chi connectivity index (χ1n) is 7.35. The van der Waals surface area contributed by atoms with Gasteiger partial charge in [-0.25, -0.2) is 9.97 Å². The molecular weight excluding hydrogens is 264 g/mol. The van der Waals surface area contributed by atoms with Gasteiger partial charge in [-0.2, -0.15) is 0 Å². The average molecular weight is 284 g/mol. The number of nitrogens with zero attached hydrogens (tertiary/aromatic N) is 4. The van der Waals surface area contributed by atoms with Gasteiger partial charge in [-0.15, -0.1) is 0 Å². The fraction of sp³-hybridized carbons (Fsp3) is 0.438. The average Bonchev–Trinajstić information content (AvgIpc) is 3.09. The normalized spacial score (nSPS) is 15.1. The molecule has 0 bridgehead atoms. The molecule has 0 unspecified atom stereocenters. The van der Waals surface area contributed by atoms with Crippen molar-refractivity contribution in [1.82, 2.24) is 15.0 Å². The summed E-state index contributed by atoms with van der Waals surface area (Å²) >= 11 is 0. The lowest BCUT2D eigenvalue weighted by Crippen LogP contribution is -2.30. The molecule has 0 amide bonds. The highest BCUT2D eigenvalue weighted by Crippen LogP contribution is 2.32. The zero-order valence-corrected chi connectivity index (χ0v) is 12.5. The minimum absolute atomic E-state index is 0.533. The van der Waals surface area contributed by atoms with Crippen molar-refractivity contribution >= 4 is 5.82 Å². The van der Waals surface area contributed by atoms with Crippen molar-refractivity contribution in [2.24, 2.45) is 0 Å². The molecule has 0 aromatic carbocycles. The summed E-state index contributed by atoms with van der Waals surface area (Å²) in [7, 11) is 3.74. The smallest absolute Gasteiger partial charge is 0.180 e. The molecular formula is C16H20N4O. The maximum atomic E-state index is 5.43. The highest BCUT2D eigenvalue weighted by molar-refractivity contribution is 5.58. The second-order valence-electron chi connectivity index (χ2n) is 5.35. The van der Waals surface area contributed by atoms with Gasteiger partial charge in [0.25, 0.3) is 0 Å². The third kappa shape index (κ3) is 2.82. The maximum absolute atomic E-state index is 5.43. The molecule has 1 aliphatic carbocycles. The van der Waals surface area contributed by atoms with Crippen molar-refractivity contribution in [1.29, 1.82) is 0 Å². The van der Waals surface area contributed by atoms with Crippen molar-refractivity contribution in [3.8, 4) is 17.3 Å². The van der Waals surface area contributed by atoms with E-state index in [4.69, 9.17) is 4.74 Å². The summed E-state index contributed by atoms with van der Waals surface area (Å²) in [5.74, 6) is 2.19. The molecule has 0 atom stereocenters. The molecule has 0 saturated heterocycles. The molecule has 0 N–H and O–H groups in total. The van der Waals surface area contributed by atoms with Crippen molar-refractivity contribution in [2.45, 2.75) is 31.7 Å². The molecule has 2 aromatic rings. The topological polar surface area (TPSA) is 51.1 Å². The molecule has 0 aliphatic heterocycles. The van der Waals surface area contributed by atoms with Crippen LogP contribution < -0.4 is 9.64 Å². The molecule has 2 aromatic heterocycles. The minimum atomic E-state index is 0.533. The highest BCUT2D eigenvalue weighted by Gasteiger charge is 2.23. The van der Waals surface area contributed by atoms with Crippen LogP contribution in [-0.2, 0) is 0 Å². The molecule has 5 nitrogen and oxygen atoms in total. The van der Waals surface area contributed by atoms with Gasteiger partial charge < -0.3 is 9.64 Å². The maximum Gasteiger partial charge on any atom is 0.180 e. The molecule has 21 heavy (non-hydrogen) atoms. The van der Waals surface area contributed by atoms with Crippen LogP contribution in [0, 0.1) is 0 Å². The Kier molecular flexibility index (Phi) is 3.99. The van der Waals surface area contributed by atoms with Gasteiger partial charge in [-0.1, -0.05) is 18.9 Å². The number of hydrogen-bond acceptors (Lipinski definition) is 5. The lowest BCUT2D eigenvalue weighted by Gasteiger charge is -2.26. The lowest BCUT2D eigenvalue weighted by molar-refractivity contribution is 0.409. The van der Waals surface area contributed by atoms with Crippen molar-refractivity contribution in [2.75, 3.05) is 19.1 Å². The number of ether oxygens (including phenoxy) is 1. The van der Waals surface area contributed by atoms with Crippen LogP contribution in [0.25, 0.3) is 11.5 Å². The van der Waals surface area contributed by atoms with Crippen LogP contribution in [0.1, 0.15) is 25.7 Å². The Morgan fingerprint density at radius 2 is 2.00 bits per heavy atom. The van der Waals surface area contributed by atoms with Crippen molar-refractivity contribution in [3.05, 3.63) is 30.6 Å². The summed E-state index contributed by atoms with van der Waals surface area (Å²) in [6, 6.07) is 6.28. The number of methoxy groups -OCH3 is 1. The van der Waals surface area contributed by atoms with Gasteiger partial charge >= 0.3 is 0 Å². The molecule has 0 radical (unpaired) electrons. The first-order chi connectivity index (χ1) is 10.3. The van der Waals surface area contributed by atoms with Crippen molar-refractivity contribution < 1.29 is 4.74 Å². The van der Waals surface area contributed by atoms with E-state index in [0.29, 0.717) is 17.6 Å². The van der Waals surface area contributed by atoms with Gasteiger partial charge in [0.15, 0.2) is 17.4 Å². The van der Waals surface area contributed by atoms with Gasteiger partial charge in [0.1, 0.15) is 5.69 Å². The molecule has 3 rings (SSSR count). The number of aromatic nitrogens is 3. The standard InChI is InChI=1S/C16H20N4O/c1-20(12-7-3-4-8-12)16-14(21-2)11-18-15(19-16)13-9-5-6-10-17-13/h5-6,9-12H,3-4,7-8H2,1-2H3. The van der Waals surface area contributed by atoms with Gasteiger partial charge in [0, 0.05) is 19.3 Å². The summed E-state index contributed by atoms with van der Waals surface area (Å²) in [6.07, 6.45) is 8.48. The zero-order valence-electron chi connectivity index (χ0n) is 12.5. The monoisotopic (exact) mass is 284 g/mol. The van der Waals surface area contributed by atoms with Crippen LogP contribution >= 0.6 is 0 Å². The second kappa shape index (κ2) is 6.08. The van der Waals surface area contributed by atoms with E-state index in [-0.39, 0.29) is 0 Å². The predicted octanol–water partition coefficient (Wildman–Crippen LogP) is 2.93. The SMILES string of the molecule is COc1cnc(-c2ccccn2)nc1N(C)C1CCCC1. The third-order valence-corrected chi connectivity index (χ3v) is 4.06. The summed E-state index contributed by atoms with van der Waals surface area (Å²) in [5.41, 5.74) is 0.779. The molecule has 1 aliphatic rings. The van der Waals surface area contributed by atoms with Crippen LogP contribution in [0.3, 0.4) is 0 Å². The quantitative estimate of drug-likeness (QED) is 0.864. The van der Waals surface area contributed by atoms with Crippen LogP contribution in [0.5, 0.6) is 5.75 Å². The van der Waals surface area contributed by atoms with E-state index in [2.05, 4.69) is 26.9 Å².